The molecule has 0 bridgehead atoms. The van der Waals surface area contributed by atoms with E-state index in [1.54, 1.807) is 72.8 Å². The molecule has 0 aromatic heterocycles. The summed E-state index contributed by atoms with van der Waals surface area (Å²) in [5, 5.41) is 1.99. The van der Waals surface area contributed by atoms with Gasteiger partial charge in [0, 0.05) is 0 Å². The number of carbonyl (C=O) groups excluding carboxylic acids is 3. The van der Waals surface area contributed by atoms with Crippen LogP contribution in [-0.4, -0.2) is 22.7 Å². The van der Waals surface area contributed by atoms with Gasteiger partial charge in [-0.05, 0) is 36.4 Å². The number of nitrogens with zero attached hydrogens (tertiary/aromatic N) is 2. The van der Waals surface area contributed by atoms with Gasteiger partial charge in [0.15, 0.2) is 5.75 Å². The van der Waals surface area contributed by atoms with E-state index in [-0.39, 0.29) is 16.7 Å². The average Bonchev–Trinajstić information content (AvgIpc) is 2.87. The zero-order chi connectivity index (χ0) is 18.5. The van der Waals surface area contributed by atoms with E-state index in [0.717, 1.165) is 10.0 Å². The van der Waals surface area contributed by atoms with Crippen LogP contribution in [0, 0.1) is 0 Å². The number of hydrogen-bond donors (Lipinski definition) is 0. The summed E-state index contributed by atoms with van der Waals surface area (Å²) in [7, 11) is 0. The van der Waals surface area contributed by atoms with Crippen molar-refractivity contribution in [3.05, 3.63) is 89.5 Å². The van der Waals surface area contributed by atoms with Crippen molar-refractivity contribution in [1.29, 1.82) is 0 Å². The smallest absolute Gasteiger partial charge is 0.281 e. The quantitative estimate of drug-likeness (QED) is 0.624. The SMILES string of the molecule is O=C1c2ccccc2C(=O)N1N1C(=O)c2ccccc2Oc2ccccc21. The molecule has 0 fully saturated rings. The Balaban J connectivity index is 1.73. The summed E-state index contributed by atoms with van der Waals surface area (Å²) in [5.41, 5.74) is 1.14. The van der Waals surface area contributed by atoms with Crippen LogP contribution in [0.3, 0.4) is 0 Å². The van der Waals surface area contributed by atoms with Crippen LogP contribution in [0.1, 0.15) is 31.1 Å². The van der Waals surface area contributed by atoms with Gasteiger partial charge in [-0.2, -0.15) is 5.01 Å². The molecule has 2 aliphatic rings. The Morgan fingerprint density at radius 3 is 1.67 bits per heavy atom. The summed E-state index contributed by atoms with van der Waals surface area (Å²) in [4.78, 5) is 39.2. The van der Waals surface area contributed by atoms with Crippen molar-refractivity contribution in [2.75, 3.05) is 5.01 Å². The minimum absolute atomic E-state index is 0.269. The molecule has 3 aromatic carbocycles. The zero-order valence-electron chi connectivity index (χ0n) is 14.0. The predicted molar refractivity (Wildman–Crippen MR) is 96.7 cm³/mol. The van der Waals surface area contributed by atoms with Crippen molar-refractivity contribution in [2.24, 2.45) is 0 Å². The maximum atomic E-state index is 13.3. The second-order valence-electron chi connectivity index (χ2n) is 6.15. The van der Waals surface area contributed by atoms with Crippen molar-refractivity contribution in [2.45, 2.75) is 0 Å². The molecule has 0 aliphatic carbocycles. The fourth-order valence-electron chi connectivity index (χ4n) is 3.35. The van der Waals surface area contributed by atoms with Gasteiger partial charge in [0.1, 0.15) is 11.4 Å². The third-order valence-electron chi connectivity index (χ3n) is 4.60. The number of hydrogen-bond acceptors (Lipinski definition) is 4. The summed E-state index contributed by atoms with van der Waals surface area (Å²) >= 11 is 0. The number of ether oxygens (including phenoxy) is 1. The number of anilines is 1. The highest BCUT2D eigenvalue weighted by Crippen LogP contribution is 2.41. The molecule has 3 amide bonds. The third-order valence-corrected chi connectivity index (χ3v) is 4.60. The van der Waals surface area contributed by atoms with Crippen LogP contribution in [0.4, 0.5) is 5.69 Å². The number of hydrazine groups is 1. The van der Waals surface area contributed by atoms with E-state index in [1.807, 2.05) is 0 Å². The van der Waals surface area contributed by atoms with E-state index < -0.39 is 17.7 Å². The van der Waals surface area contributed by atoms with Crippen LogP contribution in [0.15, 0.2) is 72.8 Å². The summed E-state index contributed by atoms with van der Waals surface area (Å²) in [6.07, 6.45) is 0. The molecule has 27 heavy (non-hydrogen) atoms. The van der Waals surface area contributed by atoms with Gasteiger partial charge in [-0.1, -0.05) is 36.4 Å². The Morgan fingerprint density at radius 1 is 0.519 bits per heavy atom. The van der Waals surface area contributed by atoms with E-state index in [2.05, 4.69) is 0 Å². The molecule has 6 nitrogen and oxygen atoms in total. The first-order valence-electron chi connectivity index (χ1n) is 8.35. The topological polar surface area (TPSA) is 66.9 Å². The van der Waals surface area contributed by atoms with Crippen molar-refractivity contribution in [3.8, 4) is 11.5 Å². The number of para-hydroxylation sites is 3. The molecule has 130 valence electrons. The first kappa shape index (κ1) is 15.3. The minimum atomic E-state index is -0.543. The fraction of sp³-hybridized carbons (Fsp3) is 0. The molecule has 6 heteroatoms. The van der Waals surface area contributed by atoms with E-state index >= 15 is 0 Å². The van der Waals surface area contributed by atoms with Gasteiger partial charge < -0.3 is 4.74 Å². The van der Waals surface area contributed by atoms with Crippen LogP contribution in [-0.2, 0) is 0 Å². The third kappa shape index (κ3) is 2.10. The lowest BCUT2D eigenvalue weighted by atomic mass is 10.1. The molecule has 0 saturated heterocycles. The Labute approximate surface area is 154 Å². The van der Waals surface area contributed by atoms with E-state index in [1.165, 1.54) is 0 Å². The number of imide groups is 1. The molecule has 2 heterocycles. The van der Waals surface area contributed by atoms with Crippen LogP contribution in [0.5, 0.6) is 11.5 Å². The highest BCUT2D eigenvalue weighted by Gasteiger charge is 2.44. The maximum Gasteiger partial charge on any atom is 0.281 e. The second kappa shape index (κ2) is 5.54. The highest BCUT2D eigenvalue weighted by molar-refractivity contribution is 6.25. The van der Waals surface area contributed by atoms with Crippen LogP contribution in [0.25, 0.3) is 0 Å². The molecule has 0 N–H and O–H groups in total. The van der Waals surface area contributed by atoms with Crippen molar-refractivity contribution in [3.63, 3.8) is 0 Å². The lowest BCUT2D eigenvalue weighted by Gasteiger charge is -2.29. The monoisotopic (exact) mass is 356 g/mol. The second-order valence-corrected chi connectivity index (χ2v) is 6.15. The van der Waals surface area contributed by atoms with Gasteiger partial charge in [-0.3, -0.25) is 14.4 Å². The lowest BCUT2D eigenvalue weighted by molar-refractivity contribution is 0.0595. The number of carbonyl (C=O) groups is 3. The van der Waals surface area contributed by atoms with E-state index in [0.29, 0.717) is 17.2 Å². The number of rotatable bonds is 1. The van der Waals surface area contributed by atoms with Crippen molar-refractivity contribution in [1.82, 2.24) is 5.01 Å². The Hall–Kier alpha value is -3.93. The molecule has 0 unspecified atom stereocenters. The van der Waals surface area contributed by atoms with E-state index in [9.17, 15) is 14.4 Å². The zero-order valence-corrected chi connectivity index (χ0v) is 14.0. The first-order valence-corrected chi connectivity index (χ1v) is 8.35. The van der Waals surface area contributed by atoms with Crippen LogP contribution >= 0.6 is 0 Å². The van der Waals surface area contributed by atoms with Crippen LogP contribution < -0.4 is 9.75 Å². The Morgan fingerprint density at radius 2 is 1.00 bits per heavy atom. The molecule has 0 spiro atoms. The Bertz CT molecular complexity index is 1100. The molecule has 3 aromatic rings. The normalized spacial score (nSPS) is 15.0. The van der Waals surface area contributed by atoms with E-state index in [4.69, 9.17) is 4.74 Å². The number of amides is 3. The molecule has 0 radical (unpaired) electrons. The standard InChI is InChI=1S/C21H12N2O4/c24-19-13-7-1-2-8-14(13)20(25)23(19)22-16-10-4-6-12-18(16)27-17-11-5-3-9-15(17)21(22)26/h1-12H. The lowest BCUT2D eigenvalue weighted by Crippen LogP contribution is -2.49. The molecule has 0 saturated carbocycles. The van der Waals surface area contributed by atoms with Gasteiger partial charge in [-0.25, -0.2) is 5.01 Å². The van der Waals surface area contributed by atoms with Gasteiger partial charge in [-0.15, -0.1) is 0 Å². The summed E-state index contributed by atoms with van der Waals surface area (Å²) in [5.74, 6) is -0.845. The first-order chi connectivity index (χ1) is 13.2. The van der Waals surface area contributed by atoms with Crippen molar-refractivity contribution < 1.29 is 19.1 Å². The van der Waals surface area contributed by atoms with Gasteiger partial charge in [0.25, 0.3) is 17.7 Å². The number of fused-ring (bicyclic) bond motifs is 3. The summed E-state index contributed by atoms with van der Waals surface area (Å²) < 4.78 is 5.90. The Kier molecular flexibility index (Phi) is 3.14. The van der Waals surface area contributed by atoms with Gasteiger partial charge in [0.05, 0.1) is 16.7 Å². The molecular formula is C21H12N2O4. The maximum absolute atomic E-state index is 13.3. The predicted octanol–water partition coefficient (Wildman–Crippen LogP) is 3.65. The minimum Gasteiger partial charge on any atom is -0.454 e. The fourth-order valence-corrected chi connectivity index (χ4v) is 3.35. The number of benzene rings is 3. The summed E-state index contributed by atoms with van der Waals surface area (Å²) in [6, 6.07) is 20.1. The molecule has 0 atom stereocenters. The molecule has 2 aliphatic heterocycles. The molecule has 5 rings (SSSR count). The molecular weight excluding hydrogens is 344 g/mol. The average molecular weight is 356 g/mol. The van der Waals surface area contributed by atoms with Crippen molar-refractivity contribution >= 4 is 23.4 Å². The largest absolute Gasteiger partial charge is 0.454 e. The summed E-state index contributed by atoms with van der Waals surface area (Å²) in [6.45, 7) is 0. The van der Waals surface area contributed by atoms with Crippen LogP contribution in [0.2, 0.25) is 0 Å². The van der Waals surface area contributed by atoms with Gasteiger partial charge in [0.2, 0.25) is 0 Å². The van der Waals surface area contributed by atoms with Gasteiger partial charge >= 0.3 is 0 Å². The highest BCUT2D eigenvalue weighted by atomic mass is 16.5.